The van der Waals surface area contributed by atoms with Crippen LogP contribution in [0.2, 0.25) is 0 Å². The number of aromatic nitrogens is 4. The monoisotopic (exact) mass is 435 g/mol. The first-order valence-electron chi connectivity index (χ1n) is 10.1. The van der Waals surface area contributed by atoms with Gasteiger partial charge in [-0.1, -0.05) is 41.6 Å². The van der Waals surface area contributed by atoms with Crippen LogP contribution in [0.15, 0.2) is 52.4 Å². The third kappa shape index (κ3) is 4.07. The molecule has 0 atom stereocenters. The summed E-state index contributed by atoms with van der Waals surface area (Å²) in [6.07, 6.45) is 0. The average Bonchev–Trinajstić information content (AvgIpc) is 3.10. The second-order valence-electron chi connectivity index (χ2n) is 8.65. The van der Waals surface area contributed by atoms with Crippen LogP contribution in [0.3, 0.4) is 0 Å². The molecule has 2 heterocycles. The normalized spacial score (nSPS) is 11.9. The van der Waals surface area contributed by atoms with E-state index in [2.05, 4.69) is 15.5 Å². The van der Waals surface area contributed by atoms with E-state index in [4.69, 9.17) is 0 Å². The summed E-state index contributed by atoms with van der Waals surface area (Å²) < 4.78 is 3.45. The van der Waals surface area contributed by atoms with Crippen LogP contribution in [-0.4, -0.2) is 36.4 Å². The molecule has 0 spiro atoms. The summed E-state index contributed by atoms with van der Waals surface area (Å²) >= 11 is 1.30. The molecule has 0 saturated heterocycles. The molecule has 4 rings (SSSR count). The summed E-state index contributed by atoms with van der Waals surface area (Å²) in [5.41, 5.74) is 3.12. The van der Waals surface area contributed by atoms with Crippen molar-refractivity contribution < 1.29 is 4.79 Å². The van der Waals surface area contributed by atoms with Crippen LogP contribution in [0.25, 0.3) is 22.4 Å². The van der Waals surface area contributed by atoms with E-state index in [-0.39, 0.29) is 22.8 Å². The lowest BCUT2D eigenvalue weighted by molar-refractivity contribution is -0.119. The number of para-hydroxylation sites is 1. The van der Waals surface area contributed by atoms with Gasteiger partial charge in [0.2, 0.25) is 11.7 Å². The van der Waals surface area contributed by atoms with Crippen LogP contribution in [0.4, 0.5) is 0 Å². The van der Waals surface area contributed by atoms with Gasteiger partial charge in [0.05, 0.1) is 22.3 Å². The summed E-state index contributed by atoms with van der Waals surface area (Å²) in [4.78, 5) is 25.8. The minimum absolute atomic E-state index is 0.0822. The van der Waals surface area contributed by atoms with Crippen molar-refractivity contribution in [1.29, 1.82) is 0 Å². The smallest absolute Gasteiger partial charge is 0.267 e. The Morgan fingerprint density at radius 2 is 1.84 bits per heavy atom. The maximum Gasteiger partial charge on any atom is 0.267 e. The SMILES string of the molecule is Cc1ccc(-n2c(=O)c3ccccc3n3c(SCC(=O)NC(C)(C)C)nnc23)c(C)c1. The predicted molar refractivity (Wildman–Crippen MR) is 124 cm³/mol. The molecule has 0 radical (unpaired) electrons. The van der Waals surface area contributed by atoms with Gasteiger partial charge in [0, 0.05) is 5.54 Å². The average molecular weight is 436 g/mol. The van der Waals surface area contributed by atoms with Crippen molar-refractivity contribution in [3.05, 3.63) is 63.9 Å². The third-order valence-corrected chi connectivity index (χ3v) is 5.76. The van der Waals surface area contributed by atoms with Gasteiger partial charge in [-0.15, -0.1) is 10.2 Å². The minimum atomic E-state index is -0.305. The number of fused-ring (bicyclic) bond motifs is 3. The van der Waals surface area contributed by atoms with Gasteiger partial charge in [-0.3, -0.25) is 14.0 Å². The molecular formula is C23H25N5O2S. The number of nitrogens with one attached hydrogen (secondary N) is 1. The van der Waals surface area contributed by atoms with E-state index in [1.54, 1.807) is 10.6 Å². The summed E-state index contributed by atoms with van der Waals surface area (Å²) in [7, 11) is 0. The van der Waals surface area contributed by atoms with E-state index >= 15 is 0 Å². The summed E-state index contributed by atoms with van der Waals surface area (Å²) in [6, 6.07) is 13.3. The molecule has 160 valence electrons. The first kappa shape index (κ1) is 21.1. The Balaban J connectivity index is 1.89. The molecule has 2 aromatic heterocycles. The Bertz CT molecular complexity index is 1360. The lowest BCUT2D eigenvalue weighted by Gasteiger charge is -2.20. The highest BCUT2D eigenvalue weighted by atomic mass is 32.2. The maximum atomic E-state index is 13.4. The van der Waals surface area contributed by atoms with E-state index in [1.807, 2.05) is 75.4 Å². The number of aryl methyl sites for hydroxylation is 2. The Hall–Kier alpha value is -3.13. The van der Waals surface area contributed by atoms with Gasteiger partial charge < -0.3 is 5.32 Å². The van der Waals surface area contributed by atoms with Crippen LogP contribution in [0, 0.1) is 13.8 Å². The van der Waals surface area contributed by atoms with Crippen molar-refractivity contribution in [1.82, 2.24) is 24.5 Å². The van der Waals surface area contributed by atoms with Crippen LogP contribution >= 0.6 is 11.8 Å². The number of hydrogen-bond donors (Lipinski definition) is 1. The number of amides is 1. The van der Waals surface area contributed by atoms with Crippen molar-refractivity contribution in [2.45, 2.75) is 45.3 Å². The molecule has 1 amide bonds. The zero-order valence-corrected chi connectivity index (χ0v) is 19.1. The zero-order chi connectivity index (χ0) is 22.3. The molecule has 8 heteroatoms. The number of hydrogen-bond acceptors (Lipinski definition) is 5. The van der Waals surface area contributed by atoms with E-state index < -0.39 is 0 Å². The molecule has 4 aromatic rings. The van der Waals surface area contributed by atoms with Gasteiger partial charge in [0.15, 0.2) is 5.16 Å². The largest absolute Gasteiger partial charge is 0.351 e. The quantitative estimate of drug-likeness (QED) is 0.495. The van der Waals surface area contributed by atoms with Crippen LogP contribution in [0.5, 0.6) is 0 Å². The molecule has 0 aliphatic carbocycles. The van der Waals surface area contributed by atoms with E-state index in [9.17, 15) is 9.59 Å². The second-order valence-corrected chi connectivity index (χ2v) is 9.59. The molecule has 0 saturated carbocycles. The molecule has 0 aliphatic heterocycles. The standard InChI is InChI=1S/C23H25N5O2S/c1-14-10-11-17(15(2)12-14)27-20(30)16-8-6-7-9-18(16)28-21(27)25-26-22(28)31-13-19(29)24-23(3,4)5/h6-12H,13H2,1-5H3,(H,24,29). The van der Waals surface area contributed by atoms with Crippen LogP contribution in [0.1, 0.15) is 31.9 Å². The lowest BCUT2D eigenvalue weighted by atomic mass is 10.1. The van der Waals surface area contributed by atoms with E-state index in [0.29, 0.717) is 21.8 Å². The van der Waals surface area contributed by atoms with E-state index in [1.165, 1.54) is 11.8 Å². The molecule has 0 fully saturated rings. The van der Waals surface area contributed by atoms with Crippen molar-refractivity contribution in [3.63, 3.8) is 0 Å². The number of benzene rings is 2. The van der Waals surface area contributed by atoms with Gasteiger partial charge in [-0.2, -0.15) is 0 Å². The molecule has 0 aliphatic rings. The summed E-state index contributed by atoms with van der Waals surface area (Å²) in [6.45, 7) is 9.82. The third-order valence-electron chi connectivity index (χ3n) is 4.83. The molecule has 2 aromatic carbocycles. The topological polar surface area (TPSA) is 81.3 Å². The Labute approximate surface area is 184 Å². The van der Waals surface area contributed by atoms with Gasteiger partial charge >= 0.3 is 0 Å². The molecular weight excluding hydrogens is 410 g/mol. The summed E-state index contributed by atoms with van der Waals surface area (Å²) in [5, 5.41) is 12.8. The molecule has 1 N–H and O–H groups in total. The molecule has 31 heavy (non-hydrogen) atoms. The fourth-order valence-electron chi connectivity index (χ4n) is 3.63. The highest BCUT2D eigenvalue weighted by molar-refractivity contribution is 7.99. The predicted octanol–water partition coefficient (Wildman–Crippen LogP) is 3.66. The number of nitrogens with zero attached hydrogens (tertiary/aromatic N) is 4. The highest BCUT2D eigenvalue weighted by Gasteiger charge is 2.20. The lowest BCUT2D eigenvalue weighted by Crippen LogP contribution is -2.41. The van der Waals surface area contributed by atoms with Crippen molar-refractivity contribution in [2.75, 3.05) is 5.75 Å². The Morgan fingerprint density at radius 1 is 1.10 bits per heavy atom. The number of carbonyl (C=O) groups excluding carboxylic acids is 1. The number of carbonyl (C=O) groups is 1. The fraction of sp³-hybridized carbons (Fsp3) is 0.304. The maximum absolute atomic E-state index is 13.4. The first-order chi connectivity index (χ1) is 14.7. The highest BCUT2D eigenvalue weighted by Crippen LogP contribution is 2.24. The van der Waals surface area contributed by atoms with Crippen molar-refractivity contribution >= 4 is 34.3 Å². The number of thioether (sulfide) groups is 1. The van der Waals surface area contributed by atoms with Crippen LogP contribution in [-0.2, 0) is 4.79 Å². The Morgan fingerprint density at radius 3 is 2.55 bits per heavy atom. The van der Waals surface area contributed by atoms with Gasteiger partial charge in [0.1, 0.15) is 0 Å². The molecule has 0 bridgehead atoms. The molecule has 7 nitrogen and oxygen atoms in total. The fourth-order valence-corrected chi connectivity index (χ4v) is 4.37. The number of rotatable bonds is 4. The van der Waals surface area contributed by atoms with E-state index in [0.717, 1.165) is 16.8 Å². The second kappa shape index (κ2) is 7.85. The minimum Gasteiger partial charge on any atom is -0.351 e. The summed E-state index contributed by atoms with van der Waals surface area (Å²) in [5.74, 6) is 0.547. The Kier molecular flexibility index (Phi) is 5.35. The van der Waals surface area contributed by atoms with Gasteiger partial charge in [-0.25, -0.2) is 4.57 Å². The molecule has 0 unspecified atom stereocenters. The van der Waals surface area contributed by atoms with Crippen molar-refractivity contribution in [2.24, 2.45) is 0 Å². The van der Waals surface area contributed by atoms with Gasteiger partial charge in [0.25, 0.3) is 5.56 Å². The van der Waals surface area contributed by atoms with Gasteiger partial charge in [-0.05, 0) is 58.4 Å². The van der Waals surface area contributed by atoms with Crippen molar-refractivity contribution in [3.8, 4) is 5.69 Å². The first-order valence-corrected chi connectivity index (χ1v) is 11.0. The van der Waals surface area contributed by atoms with Crippen LogP contribution < -0.4 is 10.9 Å². The zero-order valence-electron chi connectivity index (χ0n) is 18.3.